The van der Waals surface area contributed by atoms with E-state index in [0.29, 0.717) is 12.2 Å². The summed E-state index contributed by atoms with van der Waals surface area (Å²) in [5, 5.41) is 3.60. The summed E-state index contributed by atoms with van der Waals surface area (Å²) in [5.74, 6) is 0.856. The molecule has 1 amide bonds. The van der Waals surface area contributed by atoms with Gasteiger partial charge in [-0.3, -0.25) is 9.69 Å². The van der Waals surface area contributed by atoms with E-state index in [0.717, 1.165) is 30.0 Å². The van der Waals surface area contributed by atoms with Crippen LogP contribution in [0.5, 0.6) is 5.75 Å². The minimum absolute atomic E-state index is 0.0391. The number of rotatable bonds is 5. The molecule has 0 bridgehead atoms. The first-order chi connectivity index (χ1) is 11.6. The summed E-state index contributed by atoms with van der Waals surface area (Å²) < 4.78 is 5.52. The summed E-state index contributed by atoms with van der Waals surface area (Å²) in [7, 11) is 0. The van der Waals surface area contributed by atoms with Crippen molar-refractivity contribution in [2.45, 2.75) is 39.3 Å². The van der Waals surface area contributed by atoms with E-state index in [9.17, 15) is 4.79 Å². The lowest BCUT2D eigenvalue weighted by Crippen LogP contribution is -2.59. The maximum atomic E-state index is 13.2. The second kappa shape index (κ2) is 6.56. The van der Waals surface area contributed by atoms with Gasteiger partial charge in [-0.1, -0.05) is 26.0 Å². The second-order valence-electron chi connectivity index (χ2n) is 5.98. The third kappa shape index (κ3) is 2.62. The van der Waals surface area contributed by atoms with Crippen LogP contribution in [0, 0.1) is 0 Å². The predicted octanol–water partition coefficient (Wildman–Crippen LogP) is 4.67. The van der Waals surface area contributed by atoms with Crippen molar-refractivity contribution in [2.24, 2.45) is 0 Å². The van der Waals surface area contributed by atoms with E-state index in [2.05, 4.69) is 19.2 Å². The molecule has 0 radical (unpaired) electrons. The van der Waals surface area contributed by atoms with Crippen LogP contribution in [0.25, 0.3) is 0 Å². The lowest BCUT2D eigenvalue weighted by molar-refractivity contribution is 0.0949. The van der Waals surface area contributed by atoms with Gasteiger partial charge in [0.25, 0.3) is 5.91 Å². The first-order valence-corrected chi connectivity index (χ1v) is 8.59. The Hall–Kier alpha value is -2.49. The maximum Gasteiger partial charge on any atom is 0.262 e. The Bertz CT molecular complexity index is 721. The van der Waals surface area contributed by atoms with Crippen molar-refractivity contribution in [3.63, 3.8) is 0 Å². The van der Waals surface area contributed by atoms with Crippen molar-refractivity contribution in [1.82, 2.24) is 0 Å². The number of para-hydroxylation sites is 1. The van der Waals surface area contributed by atoms with Crippen LogP contribution in [0.3, 0.4) is 0 Å². The van der Waals surface area contributed by atoms with Gasteiger partial charge in [-0.15, -0.1) is 0 Å². The summed E-state index contributed by atoms with van der Waals surface area (Å²) in [6.45, 7) is 6.81. The van der Waals surface area contributed by atoms with E-state index in [-0.39, 0.29) is 5.91 Å². The maximum absolute atomic E-state index is 13.2. The molecule has 0 aliphatic carbocycles. The van der Waals surface area contributed by atoms with Crippen LogP contribution >= 0.6 is 0 Å². The quantitative estimate of drug-likeness (QED) is 0.868. The summed E-state index contributed by atoms with van der Waals surface area (Å²) in [4.78, 5) is 15.1. The number of carbonyl (C=O) groups excluding carboxylic acids is 1. The van der Waals surface area contributed by atoms with Gasteiger partial charge < -0.3 is 10.1 Å². The predicted molar refractivity (Wildman–Crippen MR) is 97.8 cm³/mol. The lowest BCUT2D eigenvalue weighted by atomic mass is 9.93. The largest absolute Gasteiger partial charge is 0.494 e. The zero-order valence-corrected chi connectivity index (χ0v) is 14.5. The molecule has 4 heteroatoms. The molecule has 24 heavy (non-hydrogen) atoms. The molecule has 0 aromatic heterocycles. The van der Waals surface area contributed by atoms with Crippen molar-refractivity contribution in [1.29, 1.82) is 0 Å². The molecule has 4 nitrogen and oxygen atoms in total. The van der Waals surface area contributed by atoms with Gasteiger partial charge in [-0.2, -0.15) is 0 Å². The van der Waals surface area contributed by atoms with Crippen molar-refractivity contribution in [2.75, 3.05) is 16.8 Å². The highest BCUT2D eigenvalue weighted by Gasteiger charge is 2.42. The highest BCUT2D eigenvalue weighted by molar-refractivity contribution is 6.12. The highest BCUT2D eigenvalue weighted by Crippen LogP contribution is 2.39. The number of benzene rings is 2. The molecule has 1 aliphatic rings. The normalized spacial score (nSPS) is 15.6. The molecule has 0 unspecified atom stereocenters. The average Bonchev–Trinajstić information content (AvgIpc) is 2.63. The topological polar surface area (TPSA) is 41.6 Å². The molecule has 1 aliphatic heterocycles. The molecular formula is C20H24N2O2. The second-order valence-corrected chi connectivity index (χ2v) is 5.98. The van der Waals surface area contributed by atoms with Gasteiger partial charge in [0.1, 0.15) is 11.4 Å². The zero-order valence-electron chi connectivity index (χ0n) is 14.5. The number of carbonyl (C=O) groups is 1. The van der Waals surface area contributed by atoms with Gasteiger partial charge in [0.2, 0.25) is 0 Å². The molecule has 126 valence electrons. The molecule has 2 aromatic rings. The molecule has 3 rings (SSSR count). The summed E-state index contributed by atoms with van der Waals surface area (Å²) in [5.41, 5.74) is 2.09. The number of hydrogen-bond acceptors (Lipinski definition) is 3. The molecule has 0 spiro atoms. The van der Waals surface area contributed by atoms with Gasteiger partial charge in [0, 0.05) is 11.4 Å². The van der Waals surface area contributed by atoms with Crippen LogP contribution in [0.1, 0.15) is 44.0 Å². The summed E-state index contributed by atoms with van der Waals surface area (Å²) >= 11 is 0. The monoisotopic (exact) mass is 324 g/mol. The molecule has 0 saturated heterocycles. The molecule has 1 N–H and O–H groups in total. The number of hydrogen-bond donors (Lipinski definition) is 1. The number of ether oxygens (including phenoxy) is 1. The summed E-state index contributed by atoms with van der Waals surface area (Å²) in [6, 6.07) is 15.5. The highest BCUT2D eigenvalue weighted by atomic mass is 16.5. The Balaban J connectivity index is 2.07. The fraction of sp³-hybridized carbons (Fsp3) is 0.350. The zero-order chi connectivity index (χ0) is 17.2. The van der Waals surface area contributed by atoms with Gasteiger partial charge in [0.15, 0.2) is 0 Å². The minimum Gasteiger partial charge on any atom is -0.494 e. The number of amides is 1. The average molecular weight is 324 g/mol. The molecule has 0 saturated carbocycles. The Labute approximate surface area is 143 Å². The van der Waals surface area contributed by atoms with Gasteiger partial charge in [-0.05, 0) is 56.2 Å². The third-order valence-electron chi connectivity index (χ3n) is 4.73. The first kappa shape index (κ1) is 16.4. The Morgan fingerprint density at radius 1 is 1.00 bits per heavy atom. The number of anilines is 2. The molecule has 0 fully saturated rings. The van der Waals surface area contributed by atoms with E-state index in [1.807, 2.05) is 60.4 Å². The fourth-order valence-corrected chi connectivity index (χ4v) is 3.37. The number of fused-ring (bicyclic) bond motifs is 1. The number of nitrogens with zero attached hydrogens (tertiary/aromatic N) is 1. The Morgan fingerprint density at radius 3 is 2.29 bits per heavy atom. The minimum atomic E-state index is -0.418. The smallest absolute Gasteiger partial charge is 0.262 e. The van der Waals surface area contributed by atoms with Crippen molar-refractivity contribution >= 4 is 17.3 Å². The van der Waals surface area contributed by atoms with Gasteiger partial charge in [0.05, 0.1) is 12.2 Å². The van der Waals surface area contributed by atoms with Gasteiger partial charge >= 0.3 is 0 Å². The van der Waals surface area contributed by atoms with Crippen LogP contribution in [0.4, 0.5) is 11.4 Å². The van der Waals surface area contributed by atoms with E-state index in [1.165, 1.54) is 0 Å². The Kier molecular flexibility index (Phi) is 4.47. The van der Waals surface area contributed by atoms with Crippen LogP contribution in [0.15, 0.2) is 48.5 Å². The van der Waals surface area contributed by atoms with Gasteiger partial charge in [-0.25, -0.2) is 0 Å². The standard InChI is InChI=1S/C20H24N2O2/c1-4-20(5-2)21-18-10-8-7-9-17(18)19(23)22(20)15-11-13-16(14-12-15)24-6-3/h7-14,21H,4-6H2,1-3H3. The SMILES string of the molecule is CCOc1ccc(N2C(=O)c3ccccc3NC2(CC)CC)cc1. The summed E-state index contributed by atoms with van der Waals surface area (Å²) in [6.07, 6.45) is 1.63. The molecular weight excluding hydrogens is 300 g/mol. The number of nitrogens with one attached hydrogen (secondary N) is 1. The first-order valence-electron chi connectivity index (χ1n) is 8.59. The van der Waals surface area contributed by atoms with Crippen molar-refractivity contribution in [3.05, 3.63) is 54.1 Å². The van der Waals surface area contributed by atoms with Crippen molar-refractivity contribution < 1.29 is 9.53 Å². The van der Waals surface area contributed by atoms with Crippen LogP contribution in [-0.4, -0.2) is 18.2 Å². The fourth-order valence-electron chi connectivity index (χ4n) is 3.37. The van der Waals surface area contributed by atoms with E-state index >= 15 is 0 Å². The molecule has 2 aromatic carbocycles. The van der Waals surface area contributed by atoms with E-state index in [4.69, 9.17) is 4.74 Å². The van der Waals surface area contributed by atoms with E-state index in [1.54, 1.807) is 0 Å². The van der Waals surface area contributed by atoms with Crippen molar-refractivity contribution in [3.8, 4) is 5.75 Å². The van der Waals surface area contributed by atoms with Crippen LogP contribution < -0.4 is 15.0 Å². The van der Waals surface area contributed by atoms with Crippen LogP contribution in [-0.2, 0) is 0 Å². The lowest BCUT2D eigenvalue weighted by Gasteiger charge is -2.48. The Morgan fingerprint density at radius 2 is 1.67 bits per heavy atom. The molecule has 1 heterocycles. The third-order valence-corrected chi connectivity index (χ3v) is 4.73. The van der Waals surface area contributed by atoms with E-state index < -0.39 is 5.66 Å². The molecule has 0 atom stereocenters. The van der Waals surface area contributed by atoms with Crippen LogP contribution in [0.2, 0.25) is 0 Å².